The molecule has 1 aromatic heterocycles. The van der Waals surface area contributed by atoms with Gasteiger partial charge in [0.05, 0.1) is 22.6 Å². The van der Waals surface area contributed by atoms with Gasteiger partial charge in [0, 0.05) is 15.8 Å². The van der Waals surface area contributed by atoms with E-state index in [1.54, 1.807) is 11.3 Å². The number of aliphatic hydroxyl groups is 1. The van der Waals surface area contributed by atoms with Crippen molar-refractivity contribution in [3.63, 3.8) is 0 Å². The fourth-order valence-corrected chi connectivity index (χ4v) is 4.61. The first-order chi connectivity index (χ1) is 9.65. The lowest BCUT2D eigenvalue weighted by atomic mass is 9.94. The molecule has 20 heavy (non-hydrogen) atoms. The Kier molecular flexibility index (Phi) is 4.62. The second-order valence-corrected chi connectivity index (χ2v) is 8.09. The Bertz CT molecular complexity index is 592. The van der Waals surface area contributed by atoms with Crippen molar-refractivity contribution in [3.05, 3.63) is 54.6 Å². The van der Waals surface area contributed by atoms with Crippen LogP contribution in [0.3, 0.4) is 0 Å². The summed E-state index contributed by atoms with van der Waals surface area (Å²) in [6.45, 7) is 0.728. The molecule has 1 aliphatic rings. The average Bonchev–Trinajstić information content (AvgIpc) is 2.79. The normalized spacial score (nSPS) is 19.6. The van der Waals surface area contributed by atoms with Gasteiger partial charge in [-0.05, 0) is 55.5 Å². The van der Waals surface area contributed by atoms with Crippen molar-refractivity contribution < 1.29 is 9.84 Å². The maximum atomic E-state index is 10.4. The summed E-state index contributed by atoms with van der Waals surface area (Å²) < 4.78 is 7.85. The van der Waals surface area contributed by atoms with E-state index in [4.69, 9.17) is 4.74 Å². The van der Waals surface area contributed by atoms with Gasteiger partial charge < -0.3 is 9.84 Å². The van der Waals surface area contributed by atoms with Crippen LogP contribution in [0.5, 0.6) is 0 Å². The SMILES string of the molecule is OC(CC1OCCc2ccccc21)c1cc(Br)c(Br)s1. The van der Waals surface area contributed by atoms with Crippen molar-refractivity contribution >= 4 is 43.2 Å². The zero-order valence-corrected chi connectivity index (χ0v) is 14.7. The number of aliphatic hydroxyl groups excluding tert-OH is 1. The van der Waals surface area contributed by atoms with Crippen molar-refractivity contribution in [1.29, 1.82) is 0 Å². The van der Waals surface area contributed by atoms with Crippen LogP contribution in [0.2, 0.25) is 0 Å². The predicted octanol–water partition coefficient (Wildman–Crippen LogP) is 5.01. The molecule has 0 radical (unpaired) electrons. The molecule has 0 fully saturated rings. The number of halogens is 2. The molecule has 1 N–H and O–H groups in total. The molecule has 5 heteroatoms. The predicted molar refractivity (Wildman–Crippen MR) is 88.1 cm³/mol. The number of hydrogen-bond donors (Lipinski definition) is 1. The summed E-state index contributed by atoms with van der Waals surface area (Å²) in [6, 6.07) is 10.3. The van der Waals surface area contributed by atoms with Crippen molar-refractivity contribution in [1.82, 2.24) is 0 Å². The number of fused-ring (bicyclic) bond motifs is 1. The van der Waals surface area contributed by atoms with Gasteiger partial charge in [-0.15, -0.1) is 11.3 Å². The third-order valence-corrected chi connectivity index (χ3v) is 6.88. The van der Waals surface area contributed by atoms with Crippen molar-refractivity contribution in [3.8, 4) is 0 Å². The molecule has 2 unspecified atom stereocenters. The van der Waals surface area contributed by atoms with E-state index in [-0.39, 0.29) is 6.10 Å². The molecule has 0 bridgehead atoms. The van der Waals surface area contributed by atoms with Gasteiger partial charge in [0.15, 0.2) is 0 Å². The lowest BCUT2D eigenvalue weighted by Crippen LogP contribution is -2.18. The number of hydrogen-bond acceptors (Lipinski definition) is 3. The molecule has 3 rings (SSSR count). The molecule has 0 saturated carbocycles. The van der Waals surface area contributed by atoms with Crippen molar-refractivity contribution in [2.75, 3.05) is 6.61 Å². The van der Waals surface area contributed by atoms with E-state index < -0.39 is 6.10 Å². The van der Waals surface area contributed by atoms with Crippen LogP contribution in [0.4, 0.5) is 0 Å². The highest BCUT2D eigenvalue weighted by atomic mass is 79.9. The van der Waals surface area contributed by atoms with Gasteiger partial charge in [-0.2, -0.15) is 0 Å². The molecular weight excluding hydrogens is 404 g/mol. The minimum absolute atomic E-state index is 0.0189. The third kappa shape index (κ3) is 3.02. The summed E-state index contributed by atoms with van der Waals surface area (Å²) in [6.07, 6.45) is 1.03. The number of rotatable bonds is 3. The molecule has 1 aromatic carbocycles. The summed E-state index contributed by atoms with van der Waals surface area (Å²) in [7, 11) is 0. The molecule has 0 amide bonds. The highest BCUT2D eigenvalue weighted by molar-refractivity contribution is 9.13. The largest absolute Gasteiger partial charge is 0.387 e. The fraction of sp³-hybridized carbons (Fsp3) is 0.333. The third-order valence-electron chi connectivity index (χ3n) is 3.52. The van der Waals surface area contributed by atoms with Crippen LogP contribution >= 0.6 is 43.2 Å². The number of ether oxygens (including phenoxy) is 1. The zero-order valence-electron chi connectivity index (χ0n) is 10.7. The van der Waals surface area contributed by atoms with Gasteiger partial charge in [0.1, 0.15) is 0 Å². The Morgan fingerprint density at radius 3 is 2.90 bits per heavy atom. The minimum Gasteiger partial charge on any atom is -0.387 e. The first-order valence-electron chi connectivity index (χ1n) is 6.47. The second-order valence-electron chi connectivity index (χ2n) is 4.83. The summed E-state index contributed by atoms with van der Waals surface area (Å²) in [5.74, 6) is 0. The van der Waals surface area contributed by atoms with Crippen LogP contribution in [0.1, 0.15) is 34.6 Å². The fourth-order valence-electron chi connectivity index (χ4n) is 2.52. The molecule has 1 aliphatic heterocycles. The van der Waals surface area contributed by atoms with Gasteiger partial charge in [-0.1, -0.05) is 24.3 Å². The van der Waals surface area contributed by atoms with Crippen LogP contribution in [0.15, 0.2) is 38.6 Å². The standard InChI is InChI=1S/C15H14Br2O2S/c16-11-7-14(20-15(11)17)12(18)8-13-10-4-2-1-3-9(10)5-6-19-13/h1-4,7,12-13,18H,5-6,8H2. The maximum Gasteiger partial charge on any atom is 0.0910 e. The Labute approximate surface area is 139 Å². The summed E-state index contributed by atoms with van der Waals surface area (Å²) in [4.78, 5) is 0.954. The highest BCUT2D eigenvalue weighted by Gasteiger charge is 2.25. The van der Waals surface area contributed by atoms with E-state index in [0.717, 1.165) is 26.2 Å². The number of benzene rings is 1. The average molecular weight is 418 g/mol. The first-order valence-corrected chi connectivity index (χ1v) is 8.87. The molecule has 2 atom stereocenters. The van der Waals surface area contributed by atoms with E-state index in [2.05, 4.69) is 50.1 Å². The minimum atomic E-state index is -0.501. The van der Waals surface area contributed by atoms with E-state index in [9.17, 15) is 5.11 Å². The van der Waals surface area contributed by atoms with Gasteiger partial charge in [-0.25, -0.2) is 0 Å². The van der Waals surface area contributed by atoms with Crippen LogP contribution < -0.4 is 0 Å². The summed E-state index contributed by atoms with van der Waals surface area (Å²) in [5, 5.41) is 10.4. The Morgan fingerprint density at radius 2 is 2.15 bits per heavy atom. The Hall–Kier alpha value is -0.200. The van der Waals surface area contributed by atoms with E-state index in [1.165, 1.54) is 11.1 Å². The van der Waals surface area contributed by atoms with Crippen LogP contribution in [-0.2, 0) is 11.2 Å². The number of thiophene rings is 1. The Balaban J connectivity index is 1.78. The summed E-state index contributed by atoms with van der Waals surface area (Å²) in [5.41, 5.74) is 2.55. The lowest BCUT2D eigenvalue weighted by molar-refractivity contribution is 0.00456. The van der Waals surface area contributed by atoms with Gasteiger partial charge in [-0.3, -0.25) is 0 Å². The molecular formula is C15H14Br2O2S. The van der Waals surface area contributed by atoms with Crippen LogP contribution in [0, 0.1) is 0 Å². The van der Waals surface area contributed by atoms with E-state index in [1.807, 2.05) is 12.1 Å². The molecule has 2 heterocycles. The van der Waals surface area contributed by atoms with Gasteiger partial charge >= 0.3 is 0 Å². The second kappa shape index (κ2) is 6.28. The van der Waals surface area contributed by atoms with Crippen molar-refractivity contribution in [2.45, 2.75) is 25.0 Å². The van der Waals surface area contributed by atoms with Crippen LogP contribution in [0.25, 0.3) is 0 Å². The monoisotopic (exact) mass is 416 g/mol. The molecule has 0 aliphatic carbocycles. The van der Waals surface area contributed by atoms with Crippen molar-refractivity contribution in [2.24, 2.45) is 0 Å². The molecule has 0 spiro atoms. The molecule has 0 saturated heterocycles. The maximum absolute atomic E-state index is 10.4. The first kappa shape index (κ1) is 14.7. The smallest absolute Gasteiger partial charge is 0.0910 e. The van der Waals surface area contributed by atoms with E-state index in [0.29, 0.717) is 6.42 Å². The summed E-state index contributed by atoms with van der Waals surface area (Å²) >= 11 is 8.48. The topological polar surface area (TPSA) is 29.5 Å². The highest BCUT2D eigenvalue weighted by Crippen LogP contribution is 2.40. The van der Waals surface area contributed by atoms with Gasteiger partial charge in [0.2, 0.25) is 0 Å². The molecule has 2 aromatic rings. The molecule has 2 nitrogen and oxygen atoms in total. The van der Waals surface area contributed by atoms with Crippen LogP contribution in [-0.4, -0.2) is 11.7 Å². The molecule has 106 valence electrons. The Morgan fingerprint density at radius 1 is 1.35 bits per heavy atom. The van der Waals surface area contributed by atoms with Gasteiger partial charge in [0.25, 0.3) is 0 Å². The quantitative estimate of drug-likeness (QED) is 0.760. The lowest BCUT2D eigenvalue weighted by Gasteiger charge is -2.27. The van der Waals surface area contributed by atoms with E-state index >= 15 is 0 Å². The zero-order chi connectivity index (χ0) is 14.1.